The number of hydrogen-bond acceptors (Lipinski definition) is 7. The molecule has 21 heavy (non-hydrogen) atoms. The SMILES string of the molecule is CCCS(=O)(=O)c1c(N)nsc1N1CC2CCC(O)C2C1. The summed E-state index contributed by atoms with van der Waals surface area (Å²) < 4.78 is 28.9. The number of hydrogen-bond donors (Lipinski definition) is 2. The second kappa shape index (κ2) is 5.40. The van der Waals surface area contributed by atoms with Crippen molar-refractivity contribution >= 4 is 32.2 Å². The molecule has 0 aromatic carbocycles. The lowest BCUT2D eigenvalue weighted by Gasteiger charge is -2.19. The van der Waals surface area contributed by atoms with E-state index in [1.807, 2.05) is 11.8 Å². The van der Waals surface area contributed by atoms with Gasteiger partial charge in [0.25, 0.3) is 0 Å². The van der Waals surface area contributed by atoms with Crippen molar-refractivity contribution in [3.63, 3.8) is 0 Å². The highest BCUT2D eigenvalue weighted by atomic mass is 32.2. The van der Waals surface area contributed by atoms with Crippen LogP contribution < -0.4 is 10.6 Å². The molecule has 2 fully saturated rings. The number of sulfone groups is 1. The first kappa shape index (κ1) is 15.1. The van der Waals surface area contributed by atoms with Crippen LogP contribution >= 0.6 is 11.5 Å². The van der Waals surface area contributed by atoms with Gasteiger partial charge < -0.3 is 15.7 Å². The molecule has 2 aliphatic rings. The van der Waals surface area contributed by atoms with E-state index < -0.39 is 9.84 Å². The van der Waals surface area contributed by atoms with E-state index in [9.17, 15) is 13.5 Å². The highest BCUT2D eigenvalue weighted by Gasteiger charge is 2.43. The molecule has 1 aromatic heterocycles. The summed E-state index contributed by atoms with van der Waals surface area (Å²) in [5.41, 5.74) is 5.81. The van der Waals surface area contributed by atoms with Crippen LogP contribution in [0.3, 0.4) is 0 Å². The molecule has 118 valence electrons. The summed E-state index contributed by atoms with van der Waals surface area (Å²) in [5, 5.41) is 10.7. The van der Waals surface area contributed by atoms with E-state index in [-0.39, 0.29) is 28.5 Å². The van der Waals surface area contributed by atoms with Crippen LogP contribution in [0.4, 0.5) is 10.8 Å². The molecular weight excluding hydrogens is 310 g/mol. The topological polar surface area (TPSA) is 96.5 Å². The van der Waals surface area contributed by atoms with E-state index in [0.717, 1.165) is 30.9 Å². The molecule has 6 nitrogen and oxygen atoms in total. The van der Waals surface area contributed by atoms with Crippen molar-refractivity contribution in [1.29, 1.82) is 0 Å². The Morgan fingerprint density at radius 2 is 2.19 bits per heavy atom. The number of rotatable bonds is 4. The van der Waals surface area contributed by atoms with Crippen molar-refractivity contribution in [2.45, 2.75) is 37.2 Å². The van der Waals surface area contributed by atoms with E-state index in [1.165, 1.54) is 0 Å². The first-order valence-corrected chi connectivity index (χ1v) is 9.77. The van der Waals surface area contributed by atoms with Crippen LogP contribution in [-0.2, 0) is 9.84 Å². The summed E-state index contributed by atoms with van der Waals surface area (Å²) in [6, 6.07) is 0. The zero-order valence-corrected chi connectivity index (χ0v) is 13.7. The summed E-state index contributed by atoms with van der Waals surface area (Å²) in [7, 11) is -3.38. The fourth-order valence-corrected chi connectivity index (χ4v) is 6.33. The Morgan fingerprint density at radius 1 is 1.43 bits per heavy atom. The molecule has 8 heteroatoms. The van der Waals surface area contributed by atoms with Gasteiger partial charge in [-0.1, -0.05) is 6.92 Å². The monoisotopic (exact) mass is 331 g/mol. The average Bonchev–Trinajstić information content (AvgIpc) is 3.05. The Kier molecular flexibility index (Phi) is 3.87. The molecule has 1 aliphatic carbocycles. The molecule has 3 N–H and O–H groups in total. The summed E-state index contributed by atoms with van der Waals surface area (Å²) in [5.74, 6) is 0.896. The number of nitrogens with two attached hydrogens (primary N) is 1. The van der Waals surface area contributed by atoms with Crippen LogP contribution in [0.2, 0.25) is 0 Å². The standard InChI is InChI=1S/C13H21N3O3S2/c1-2-5-21(18,19)11-12(14)15-20-13(11)16-6-8-3-4-10(17)9(8)7-16/h8-10,17H,2-7H2,1H3,(H2,14,15). The maximum absolute atomic E-state index is 12.4. The van der Waals surface area contributed by atoms with Gasteiger partial charge in [0.15, 0.2) is 15.7 Å². The molecule has 3 unspecified atom stereocenters. The molecule has 1 saturated heterocycles. The van der Waals surface area contributed by atoms with Crippen molar-refractivity contribution in [1.82, 2.24) is 4.37 Å². The van der Waals surface area contributed by atoms with Crippen LogP contribution in [0, 0.1) is 11.8 Å². The minimum atomic E-state index is -3.38. The molecule has 1 aromatic rings. The third-order valence-electron chi connectivity index (χ3n) is 4.55. The van der Waals surface area contributed by atoms with Crippen molar-refractivity contribution in [3.8, 4) is 0 Å². The summed E-state index contributed by atoms with van der Waals surface area (Å²) >= 11 is 1.16. The van der Waals surface area contributed by atoms with Gasteiger partial charge in [0.1, 0.15) is 9.90 Å². The van der Waals surface area contributed by atoms with Gasteiger partial charge in [-0.05, 0) is 36.7 Å². The number of aromatic nitrogens is 1. The van der Waals surface area contributed by atoms with Crippen molar-refractivity contribution in [3.05, 3.63) is 0 Å². The third-order valence-corrected chi connectivity index (χ3v) is 7.57. The number of anilines is 2. The van der Waals surface area contributed by atoms with Crippen LogP contribution in [-0.4, -0.2) is 42.8 Å². The van der Waals surface area contributed by atoms with Crippen molar-refractivity contribution in [2.24, 2.45) is 11.8 Å². The van der Waals surface area contributed by atoms with E-state index in [2.05, 4.69) is 4.37 Å². The second-order valence-corrected chi connectivity index (χ2v) is 8.79. The lowest BCUT2D eigenvalue weighted by molar-refractivity contribution is 0.133. The Bertz CT molecular complexity index is 629. The number of aliphatic hydroxyl groups excluding tert-OH is 1. The molecule has 0 amide bonds. The molecular formula is C13H21N3O3S2. The lowest BCUT2D eigenvalue weighted by Crippen LogP contribution is -2.25. The highest BCUT2D eigenvalue weighted by molar-refractivity contribution is 7.91. The van der Waals surface area contributed by atoms with E-state index >= 15 is 0 Å². The Morgan fingerprint density at radius 3 is 2.86 bits per heavy atom. The van der Waals surface area contributed by atoms with Crippen LogP contribution in [0.25, 0.3) is 0 Å². The fourth-order valence-electron chi connectivity index (χ4n) is 3.55. The van der Waals surface area contributed by atoms with Crippen LogP contribution in [0.5, 0.6) is 0 Å². The molecule has 2 heterocycles. The zero-order chi connectivity index (χ0) is 15.2. The van der Waals surface area contributed by atoms with Gasteiger partial charge in [-0.2, -0.15) is 4.37 Å². The molecule has 3 rings (SSSR count). The van der Waals surface area contributed by atoms with E-state index in [0.29, 0.717) is 23.9 Å². The maximum Gasteiger partial charge on any atom is 0.185 e. The van der Waals surface area contributed by atoms with Crippen LogP contribution in [0.1, 0.15) is 26.2 Å². The predicted molar refractivity (Wildman–Crippen MR) is 83.3 cm³/mol. The normalized spacial score (nSPS) is 29.0. The third kappa shape index (κ3) is 2.53. The van der Waals surface area contributed by atoms with Crippen molar-refractivity contribution in [2.75, 3.05) is 29.5 Å². The smallest absolute Gasteiger partial charge is 0.185 e. The van der Waals surface area contributed by atoms with Gasteiger partial charge in [0, 0.05) is 19.0 Å². The fraction of sp³-hybridized carbons (Fsp3) is 0.769. The Labute approximate surface area is 129 Å². The quantitative estimate of drug-likeness (QED) is 0.858. The van der Waals surface area contributed by atoms with Crippen LogP contribution in [0.15, 0.2) is 4.90 Å². The summed E-state index contributed by atoms with van der Waals surface area (Å²) in [4.78, 5) is 2.25. The average molecular weight is 331 g/mol. The van der Waals surface area contributed by atoms with Gasteiger partial charge in [0.05, 0.1) is 11.9 Å². The number of fused-ring (bicyclic) bond motifs is 1. The van der Waals surface area contributed by atoms with Gasteiger partial charge in [-0.25, -0.2) is 8.42 Å². The number of nitrogen functional groups attached to an aromatic ring is 1. The van der Waals surface area contributed by atoms with Gasteiger partial charge >= 0.3 is 0 Å². The minimum absolute atomic E-state index is 0.0892. The minimum Gasteiger partial charge on any atom is -0.393 e. The molecule has 1 aliphatic heterocycles. The first-order valence-electron chi connectivity index (χ1n) is 7.35. The predicted octanol–water partition coefficient (Wildman–Crippen LogP) is 1.12. The maximum atomic E-state index is 12.4. The number of nitrogens with zero attached hydrogens (tertiary/aromatic N) is 2. The molecule has 1 saturated carbocycles. The lowest BCUT2D eigenvalue weighted by atomic mass is 10.00. The van der Waals surface area contributed by atoms with E-state index in [4.69, 9.17) is 5.73 Å². The number of aliphatic hydroxyl groups is 1. The molecule has 0 bridgehead atoms. The van der Waals surface area contributed by atoms with Gasteiger partial charge in [0.2, 0.25) is 0 Å². The summed E-state index contributed by atoms with van der Waals surface area (Å²) in [6.45, 7) is 3.32. The Balaban J connectivity index is 1.91. The first-order chi connectivity index (χ1) is 9.94. The molecule has 0 spiro atoms. The van der Waals surface area contributed by atoms with Crippen molar-refractivity contribution < 1.29 is 13.5 Å². The van der Waals surface area contributed by atoms with Gasteiger partial charge in [-0.3, -0.25) is 0 Å². The molecule has 0 radical (unpaired) electrons. The summed E-state index contributed by atoms with van der Waals surface area (Å²) in [6.07, 6.45) is 2.16. The Hall–Kier alpha value is -0.860. The van der Waals surface area contributed by atoms with Gasteiger partial charge in [-0.15, -0.1) is 0 Å². The van der Waals surface area contributed by atoms with E-state index in [1.54, 1.807) is 0 Å². The molecule has 3 atom stereocenters. The second-order valence-electron chi connectivity index (χ2n) is 5.99. The largest absolute Gasteiger partial charge is 0.393 e. The zero-order valence-electron chi connectivity index (χ0n) is 12.0. The highest BCUT2D eigenvalue weighted by Crippen LogP contribution is 2.44.